The van der Waals surface area contributed by atoms with Gasteiger partial charge in [-0.3, -0.25) is 0 Å². The lowest BCUT2D eigenvalue weighted by Crippen LogP contribution is -2.41. The summed E-state index contributed by atoms with van der Waals surface area (Å²) in [6.45, 7) is 8.27. The van der Waals surface area contributed by atoms with Crippen molar-refractivity contribution in [3.8, 4) is 0 Å². The van der Waals surface area contributed by atoms with Gasteiger partial charge in [0.15, 0.2) is 4.67 Å². The maximum atomic E-state index is 12.3. The third-order valence-corrected chi connectivity index (χ3v) is 5.38. The Balaban J connectivity index is 3.01. The van der Waals surface area contributed by atoms with Crippen molar-refractivity contribution >= 4 is 26.0 Å². The molecule has 0 aliphatic carbocycles. The molecule has 110 valence electrons. The van der Waals surface area contributed by atoms with Gasteiger partial charge in [0.05, 0.1) is 6.54 Å². The molecule has 0 amide bonds. The first-order valence-corrected chi connectivity index (χ1v) is 8.30. The molecule has 1 unspecified atom stereocenters. The van der Waals surface area contributed by atoms with Crippen LogP contribution in [-0.4, -0.2) is 21.5 Å². The zero-order valence-corrected chi connectivity index (χ0v) is 14.3. The zero-order valence-electron chi connectivity index (χ0n) is 11.9. The molecule has 1 atom stereocenters. The molecule has 0 aliphatic heterocycles. The van der Waals surface area contributed by atoms with Crippen LogP contribution in [0.25, 0.3) is 0 Å². The van der Waals surface area contributed by atoms with Crippen molar-refractivity contribution in [2.75, 3.05) is 7.05 Å². The molecule has 1 heterocycles. The summed E-state index contributed by atoms with van der Waals surface area (Å²) in [6, 6.07) is 1.34. The molecule has 5 nitrogen and oxygen atoms in total. The minimum absolute atomic E-state index is 0.133. The number of hydrogen-bond acceptors (Lipinski definition) is 4. The summed E-state index contributed by atoms with van der Waals surface area (Å²) in [5.74, 6) is 0.568. The molecule has 19 heavy (non-hydrogen) atoms. The number of hydrogen-bond donors (Lipinski definition) is 2. The molecule has 2 N–H and O–H groups in total. The lowest BCUT2D eigenvalue weighted by Gasteiger charge is -2.27. The first-order valence-electron chi connectivity index (χ1n) is 6.03. The van der Waals surface area contributed by atoms with Gasteiger partial charge in [-0.25, -0.2) is 13.1 Å². The zero-order chi connectivity index (χ0) is 14.8. The Kier molecular flexibility index (Phi) is 5.22. The molecule has 1 aromatic heterocycles. The fourth-order valence-corrected chi connectivity index (χ4v) is 3.76. The molecule has 0 spiro atoms. The van der Waals surface area contributed by atoms with E-state index in [4.69, 9.17) is 4.42 Å². The van der Waals surface area contributed by atoms with Crippen LogP contribution in [-0.2, 0) is 16.6 Å². The van der Waals surface area contributed by atoms with Crippen molar-refractivity contribution in [1.82, 2.24) is 10.0 Å². The van der Waals surface area contributed by atoms with E-state index < -0.39 is 10.0 Å². The summed E-state index contributed by atoms with van der Waals surface area (Å²) < 4.78 is 32.9. The Labute approximate surface area is 123 Å². The second-order valence-corrected chi connectivity index (χ2v) is 7.99. The topological polar surface area (TPSA) is 71.3 Å². The van der Waals surface area contributed by atoms with Gasteiger partial charge in [-0.05, 0) is 35.3 Å². The largest absolute Gasteiger partial charge is 0.452 e. The summed E-state index contributed by atoms with van der Waals surface area (Å²) in [4.78, 5) is 0.133. The Morgan fingerprint density at radius 2 is 2.00 bits per heavy atom. The van der Waals surface area contributed by atoms with Crippen molar-refractivity contribution < 1.29 is 12.8 Å². The molecule has 1 rings (SSSR count). The molecule has 7 heteroatoms. The Morgan fingerprint density at radius 1 is 1.42 bits per heavy atom. The first kappa shape index (κ1) is 16.7. The molecule has 1 aromatic rings. The maximum Gasteiger partial charge on any atom is 0.245 e. The Morgan fingerprint density at radius 3 is 2.47 bits per heavy atom. The number of rotatable bonds is 5. The van der Waals surface area contributed by atoms with E-state index in [0.717, 1.165) is 0 Å². The summed E-state index contributed by atoms with van der Waals surface area (Å²) in [6.07, 6.45) is 0. The minimum Gasteiger partial charge on any atom is -0.452 e. The lowest BCUT2D eigenvalue weighted by molar-refractivity contribution is 0.317. The fraction of sp³-hybridized carbons (Fsp3) is 0.667. The number of nitrogens with one attached hydrogen (secondary N) is 2. The normalized spacial score (nSPS) is 14.6. The van der Waals surface area contributed by atoms with Gasteiger partial charge in [0.25, 0.3) is 0 Å². The van der Waals surface area contributed by atoms with Crippen LogP contribution in [0.4, 0.5) is 0 Å². The van der Waals surface area contributed by atoms with Gasteiger partial charge >= 0.3 is 0 Å². The van der Waals surface area contributed by atoms with Gasteiger partial charge in [-0.15, -0.1) is 0 Å². The molecular formula is C12H21BrN2O3S. The Hall–Kier alpha value is -0.370. The molecule has 0 radical (unpaired) electrons. The number of sulfonamides is 1. The molecule has 0 bridgehead atoms. The third-order valence-electron chi connectivity index (χ3n) is 2.98. The van der Waals surface area contributed by atoms with Gasteiger partial charge in [0, 0.05) is 12.1 Å². The van der Waals surface area contributed by atoms with E-state index in [0.29, 0.717) is 12.3 Å². The first-order chi connectivity index (χ1) is 8.58. The fourth-order valence-electron chi connectivity index (χ4n) is 1.32. The van der Waals surface area contributed by atoms with E-state index in [-0.39, 0.29) is 21.0 Å². The van der Waals surface area contributed by atoms with Crippen LogP contribution in [0.1, 0.15) is 33.5 Å². The third kappa shape index (κ3) is 4.30. The van der Waals surface area contributed by atoms with Gasteiger partial charge in [0.2, 0.25) is 10.0 Å². The maximum absolute atomic E-state index is 12.3. The number of furan rings is 1. The highest BCUT2D eigenvalue weighted by Crippen LogP contribution is 2.28. The average molecular weight is 353 g/mol. The summed E-state index contributed by atoms with van der Waals surface area (Å²) in [7, 11) is -1.82. The predicted molar refractivity (Wildman–Crippen MR) is 78.4 cm³/mol. The van der Waals surface area contributed by atoms with Crippen molar-refractivity contribution in [1.29, 1.82) is 0 Å². The van der Waals surface area contributed by atoms with Crippen LogP contribution in [0.3, 0.4) is 0 Å². The van der Waals surface area contributed by atoms with Crippen LogP contribution in [0, 0.1) is 5.41 Å². The molecule has 0 aromatic carbocycles. The molecule has 0 aliphatic rings. The Bertz CT molecular complexity index is 532. The second-order valence-electron chi connectivity index (χ2n) is 5.59. The highest BCUT2D eigenvalue weighted by molar-refractivity contribution is 9.10. The standard InChI is InChI=1S/C12H21BrN2O3S/c1-8(12(2,3)4)15-19(16,17)10-6-9(7-14-5)18-11(10)13/h6,8,14-15H,7H2,1-5H3. The quantitative estimate of drug-likeness (QED) is 0.853. The minimum atomic E-state index is -3.59. The smallest absolute Gasteiger partial charge is 0.245 e. The van der Waals surface area contributed by atoms with E-state index in [1.165, 1.54) is 6.07 Å². The predicted octanol–water partition coefficient (Wildman–Crippen LogP) is 2.47. The highest BCUT2D eigenvalue weighted by atomic mass is 79.9. The van der Waals surface area contributed by atoms with Gasteiger partial charge < -0.3 is 9.73 Å². The van der Waals surface area contributed by atoms with E-state index in [9.17, 15) is 8.42 Å². The van der Waals surface area contributed by atoms with E-state index in [2.05, 4.69) is 26.0 Å². The lowest BCUT2D eigenvalue weighted by atomic mass is 9.89. The number of halogens is 1. The van der Waals surface area contributed by atoms with Crippen LogP contribution in [0.15, 0.2) is 20.0 Å². The van der Waals surface area contributed by atoms with Crippen molar-refractivity contribution in [2.24, 2.45) is 5.41 Å². The van der Waals surface area contributed by atoms with Gasteiger partial charge in [-0.1, -0.05) is 20.8 Å². The van der Waals surface area contributed by atoms with Crippen molar-refractivity contribution in [2.45, 2.75) is 45.2 Å². The monoisotopic (exact) mass is 352 g/mol. The molecule has 0 fully saturated rings. The van der Waals surface area contributed by atoms with Crippen LogP contribution in [0.2, 0.25) is 0 Å². The summed E-state index contributed by atoms with van der Waals surface area (Å²) >= 11 is 3.15. The van der Waals surface area contributed by atoms with Crippen LogP contribution in [0.5, 0.6) is 0 Å². The van der Waals surface area contributed by atoms with Crippen molar-refractivity contribution in [3.63, 3.8) is 0 Å². The average Bonchev–Trinajstić information content (AvgIpc) is 2.58. The van der Waals surface area contributed by atoms with E-state index >= 15 is 0 Å². The SMILES string of the molecule is CNCc1cc(S(=O)(=O)NC(C)C(C)(C)C)c(Br)o1. The van der Waals surface area contributed by atoms with Gasteiger partial charge in [0.1, 0.15) is 10.7 Å². The van der Waals surface area contributed by atoms with Crippen LogP contribution < -0.4 is 10.0 Å². The second kappa shape index (κ2) is 5.95. The summed E-state index contributed by atoms with van der Waals surface area (Å²) in [5, 5.41) is 2.91. The molecule has 0 saturated carbocycles. The van der Waals surface area contributed by atoms with Gasteiger partial charge in [-0.2, -0.15) is 0 Å². The molecular weight excluding hydrogens is 332 g/mol. The summed E-state index contributed by atoms with van der Waals surface area (Å²) in [5.41, 5.74) is -0.156. The molecule has 0 saturated heterocycles. The van der Waals surface area contributed by atoms with E-state index in [1.54, 1.807) is 7.05 Å². The van der Waals surface area contributed by atoms with Crippen LogP contribution >= 0.6 is 15.9 Å². The van der Waals surface area contributed by atoms with Crippen molar-refractivity contribution in [3.05, 3.63) is 16.5 Å². The highest BCUT2D eigenvalue weighted by Gasteiger charge is 2.29. The van der Waals surface area contributed by atoms with E-state index in [1.807, 2.05) is 27.7 Å².